The Labute approximate surface area is 367 Å². The second-order valence-electron chi connectivity index (χ2n) is 11.1. The minimum Gasteiger partial charge on any atom is -0.340 e. The molecule has 0 aliphatic rings. The van der Waals surface area contributed by atoms with Gasteiger partial charge in [0.1, 0.15) is 0 Å². The molecule has 21 heteroatoms. The van der Waals surface area contributed by atoms with E-state index >= 15 is 0 Å². The van der Waals surface area contributed by atoms with Crippen LogP contribution in [0.15, 0.2) is 117 Å². The van der Waals surface area contributed by atoms with Crippen LogP contribution in [0.4, 0.5) is 11.4 Å². The summed E-state index contributed by atoms with van der Waals surface area (Å²) < 4.78 is 9.18. The van der Waals surface area contributed by atoms with E-state index in [1.54, 1.807) is 0 Å². The summed E-state index contributed by atoms with van der Waals surface area (Å²) in [4.78, 5) is 71.0. The maximum atomic E-state index is 12.3. The average Bonchev–Trinajstić information content (AvgIpc) is 4.07. The van der Waals surface area contributed by atoms with Gasteiger partial charge in [-0.25, -0.2) is 24.3 Å². The lowest BCUT2D eigenvalue weighted by Gasteiger charge is -2.06. The molecule has 0 fully saturated rings. The van der Waals surface area contributed by atoms with Crippen molar-refractivity contribution in [3.8, 4) is 43.9 Å². The van der Waals surface area contributed by atoms with Crippen LogP contribution in [0.5, 0.6) is 0 Å². The number of benzene rings is 2. The van der Waals surface area contributed by atoms with Gasteiger partial charge in [0.25, 0.3) is 22.5 Å². The number of nitrogens with one attached hydrogen (secondary N) is 5. The summed E-state index contributed by atoms with van der Waals surface area (Å²) in [5.41, 5.74) is 3.64. The summed E-state index contributed by atoms with van der Waals surface area (Å²) in [6, 6.07) is 22.5. The molecule has 308 valence electrons. The molecule has 0 amide bonds. The lowest BCUT2D eigenvalue weighted by atomic mass is 10.1. The van der Waals surface area contributed by atoms with Gasteiger partial charge in [0.05, 0.1) is 24.5 Å². The molecule has 0 aliphatic heterocycles. The number of alkyl halides is 1. The Morgan fingerprint density at radius 3 is 1.77 bits per heavy atom. The van der Waals surface area contributed by atoms with Crippen molar-refractivity contribution in [1.82, 2.24) is 40.2 Å². The van der Waals surface area contributed by atoms with Gasteiger partial charge in [0, 0.05) is 32.0 Å². The number of hydrogen-bond donors (Lipinski definition) is 5. The van der Waals surface area contributed by atoms with Gasteiger partial charge >= 0.3 is 11.5 Å². The second-order valence-corrected chi connectivity index (χ2v) is 14.9. The van der Waals surface area contributed by atoms with Gasteiger partial charge in [-0.1, -0.05) is 109 Å². The van der Waals surface area contributed by atoms with Crippen LogP contribution < -0.4 is 22.6 Å². The highest BCUT2D eigenvalue weighted by Gasteiger charge is 2.15. The van der Waals surface area contributed by atoms with Crippen molar-refractivity contribution in [2.45, 2.75) is 38.5 Å². The summed E-state index contributed by atoms with van der Waals surface area (Å²) in [6.07, 6.45) is 0. The number of H-pyrrole nitrogens is 5. The molecule has 0 saturated heterocycles. The zero-order chi connectivity index (χ0) is 40.3. The number of aromatic nitrogens is 8. The predicted octanol–water partition coefficient (Wildman–Crippen LogP) is 10.2. The normalized spacial score (nSPS) is 9.85. The van der Waals surface area contributed by atoms with Crippen molar-refractivity contribution in [3.63, 3.8) is 0 Å². The zero-order valence-corrected chi connectivity index (χ0v) is 33.5. The van der Waals surface area contributed by atoms with Crippen molar-refractivity contribution in [3.05, 3.63) is 164 Å². The van der Waals surface area contributed by atoms with Crippen LogP contribution in [0, 0.1) is 17.9 Å². The van der Waals surface area contributed by atoms with Crippen LogP contribution in [0.2, 0.25) is 0 Å². The van der Waals surface area contributed by atoms with Gasteiger partial charge in [-0.15, -0.1) is 22.7 Å². The SMILES string of the molecule is C.C.C.O=c1[nH]c(-c2cccc(CBr)c2)no1.[C-]#[N+]c1c(-c2cccs2)[nH]c(=S)[nH]c1=O.[C-]#[N+]c1c(-c2cccs2)nc(SCc2cccc(-c3noc(=O)[nH]3)c2)[nH]c1=O. The number of aromatic amines is 5. The topological polar surface area (TPSA) is 221 Å². The van der Waals surface area contributed by atoms with E-state index in [9.17, 15) is 19.2 Å². The molecule has 0 aliphatic carbocycles. The second kappa shape index (κ2) is 22.6. The van der Waals surface area contributed by atoms with E-state index < -0.39 is 22.6 Å². The van der Waals surface area contributed by atoms with Crippen LogP contribution in [-0.2, 0) is 11.1 Å². The average molecular weight is 948 g/mol. The molecule has 16 nitrogen and oxygen atoms in total. The van der Waals surface area contributed by atoms with Crippen LogP contribution >= 0.6 is 62.6 Å². The number of rotatable bonds is 8. The molecular weight excluding hydrogens is 913 g/mol. The van der Waals surface area contributed by atoms with Gasteiger partial charge in [-0.05, 0) is 58.4 Å². The predicted molar refractivity (Wildman–Crippen MR) is 244 cm³/mol. The monoisotopic (exact) mass is 946 g/mol. The van der Waals surface area contributed by atoms with E-state index in [1.807, 2.05) is 83.6 Å². The Bertz CT molecular complexity index is 3020. The van der Waals surface area contributed by atoms with E-state index in [1.165, 1.54) is 34.4 Å². The number of halogens is 1. The van der Waals surface area contributed by atoms with E-state index in [4.69, 9.17) is 25.4 Å². The third kappa shape index (κ3) is 12.0. The smallest absolute Gasteiger partial charge is 0.340 e. The number of thiophene rings is 2. The molecule has 0 bridgehead atoms. The molecule has 8 aromatic rings. The number of nitrogens with zero attached hydrogens (tertiary/aromatic N) is 5. The Kier molecular flexibility index (Phi) is 18.0. The highest BCUT2D eigenvalue weighted by Crippen LogP contribution is 2.32. The van der Waals surface area contributed by atoms with Gasteiger partial charge in [0.15, 0.2) is 21.6 Å². The third-order valence-corrected chi connectivity index (χ3v) is 10.9. The lowest BCUT2D eigenvalue weighted by molar-refractivity contribution is 0.387. The van der Waals surface area contributed by atoms with Gasteiger partial charge in [-0.2, -0.15) is 0 Å². The number of thioether (sulfide) groups is 1. The molecule has 0 unspecified atom stereocenters. The van der Waals surface area contributed by atoms with E-state index in [0.29, 0.717) is 39.5 Å². The fourth-order valence-electron chi connectivity index (χ4n) is 4.86. The first-order valence-corrected chi connectivity index (χ1v) is 20.3. The summed E-state index contributed by atoms with van der Waals surface area (Å²) in [6.45, 7) is 14.2. The third-order valence-electron chi connectivity index (χ3n) is 7.35. The van der Waals surface area contributed by atoms with Crippen LogP contribution in [-0.4, -0.2) is 40.2 Å². The summed E-state index contributed by atoms with van der Waals surface area (Å²) in [7, 11) is 0. The fraction of sp³-hybridized carbons (Fsp3) is 0.128. The summed E-state index contributed by atoms with van der Waals surface area (Å²) in [5, 5.41) is 12.2. The molecule has 6 heterocycles. The maximum Gasteiger partial charge on any atom is 0.439 e. The van der Waals surface area contributed by atoms with Crippen molar-refractivity contribution >= 4 is 74.0 Å². The quantitative estimate of drug-likeness (QED) is 0.0317. The van der Waals surface area contributed by atoms with Crippen LogP contribution in [0.3, 0.4) is 0 Å². The Balaban J connectivity index is 0.000000256. The summed E-state index contributed by atoms with van der Waals surface area (Å²) >= 11 is 12.4. The molecule has 60 heavy (non-hydrogen) atoms. The van der Waals surface area contributed by atoms with Gasteiger partial charge < -0.3 is 15.0 Å². The Hall–Kier alpha value is -6.49. The van der Waals surface area contributed by atoms with Crippen LogP contribution in [0.25, 0.3) is 53.6 Å². The molecule has 6 aromatic heterocycles. The highest BCUT2D eigenvalue weighted by molar-refractivity contribution is 9.08. The first kappa shape index (κ1) is 47.9. The van der Waals surface area contributed by atoms with Crippen LogP contribution in [0.1, 0.15) is 33.4 Å². The van der Waals surface area contributed by atoms with Crippen molar-refractivity contribution < 1.29 is 9.05 Å². The van der Waals surface area contributed by atoms with E-state index in [-0.39, 0.29) is 38.4 Å². The molecule has 0 radical (unpaired) electrons. The molecule has 2 aromatic carbocycles. The highest BCUT2D eigenvalue weighted by atomic mass is 79.9. The first-order chi connectivity index (χ1) is 27.6. The first-order valence-electron chi connectivity index (χ1n) is 16.0. The molecule has 5 N–H and O–H groups in total. The molecule has 8 rings (SSSR count). The summed E-state index contributed by atoms with van der Waals surface area (Å²) in [5.74, 6) is 0.185. The molecular formula is C39H35BrN10O6S4. The largest absolute Gasteiger partial charge is 0.439 e. The number of hydrogen-bond acceptors (Lipinski definition) is 13. The Morgan fingerprint density at radius 1 is 0.700 bits per heavy atom. The maximum absolute atomic E-state index is 12.3. The molecule has 0 saturated carbocycles. The Morgan fingerprint density at radius 2 is 1.25 bits per heavy atom. The minimum absolute atomic E-state index is 0. The van der Waals surface area contributed by atoms with Crippen molar-refractivity contribution in [2.75, 3.05) is 0 Å². The fourth-order valence-corrected chi connectivity index (χ4v) is 7.65. The van der Waals surface area contributed by atoms with Gasteiger partial charge in [-0.3, -0.25) is 28.6 Å². The standard InChI is InChI=1S/C18H11N5O3S2.C9H7BrN2O2.C9H5N3OS2.3CH4/c1-19-14-13(12-6-3-7-27-12)20-17(22-16(14)24)28-9-10-4-2-5-11(8-10)15-21-18(25)26-23-15;10-5-6-2-1-3-7(4-6)8-11-9(13)14-12-8;1-10-7-6(5-3-2-4-15-5)11-9(14)12-8(7)13;;;/h2-8H,9H2,(H,20,22,24)(H,21,23,25);1-4H,5H2,(H,11,12,13);2-4H,(H2,11,12,13,14);3*1H4. The molecule has 0 atom stereocenters. The van der Waals surface area contributed by atoms with Gasteiger partial charge in [0.2, 0.25) is 0 Å². The van der Waals surface area contributed by atoms with E-state index in [0.717, 1.165) is 31.8 Å². The lowest BCUT2D eigenvalue weighted by Crippen LogP contribution is -2.09. The molecule has 0 spiro atoms. The van der Waals surface area contributed by atoms with Crippen molar-refractivity contribution in [2.24, 2.45) is 0 Å². The minimum atomic E-state index is -0.613. The van der Waals surface area contributed by atoms with Crippen molar-refractivity contribution in [1.29, 1.82) is 0 Å². The van der Waals surface area contributed by atoms with E-state index in [2.05, 4.69) is 74.9 Å². The zero-order valence-electron chi connectivity index (χ0n) is 28.7.